The lowest BCUT2D eigenvalue weighted by Gasteiger charge is -2.22. The highest BCUT2D eigenvalue weighted by Gasteiger charge is 2.20. The first kappa shape index (κ1) is 17.7. The van der Waals surface area contributed by atoms with Crippen LogP contribution in [-0.4, -0.2) is 48.4 Å². The highest BCUT2D eigenvalue weighted by atomic mass is 16.2. The van der Waals surface area contributed by atoms with Crippen LogP contribution in [-0.2, 0) is 6.42 Å². The number of hydrogen-bond acceptors (Lipinski definition) is 2. The average Bonchev–Trinajstić information content (AvgIpc) is 2.88. The number of carbonyl (C=O) groups is 1. The number of nitrogens with zero attached hydrogens (tertiary/aromatic N) is 2. The minimum absolute atomic E-state index is 0.176. The van der Waals surface area contributed by atoms with Crippen LogP contribution in [0.5, 0.6) is 0 Å². The Labute approximate surface area is 151 Å². The number of benzene rings is 2. The van der Waals surface area contributed by atoms with Gasteiger partial charge >= 0.3 is 0 Å². The van der Waals surface area contributed by atoms with Gasteiger partial charge in [-0.05, 0) is 57.0 Å². The molecule has 3 rings (SSSR count). The molecule has 0 spiro atoms. The molecular formula is C22H28N2O. The molecule has 1 heterocycles. The van der Waals surface area contributed by atoms with Gasteiger partial charge in [-0.2, -0.15) is 0 Å². The Morgan fingerprint density at radius 2 is 1.80 bits per heavy atom. The lowest BCUT2D eigenvalue weighted by Crippen LogP contribution is -2.35. The van der Waals surface area contributed by atoms with Crippen molar-refractivity contribution in [2.45, 2.75) is 26.2 Å². The van der Waals surface area contributed by atoms with Gasteiger partial charge in [0.05, 0.1) is 0 Å². The van der Waals surface area contributed by atoms with Gasteiger partial charge in [-0.25, -0.2) is 0 Å². The zero-order valence-electron chi connectivity index (χ0n) is 15.2. The number of rotatable bonds is 5. The van der Waals surface area contributed by atoms with E-state index in [0.29, 0.717) is 0 Å². The predicted molar refractivity (Wildman–Crippen MR) is 103 cm³/mol. The van der Waals surface area contributed by atoms with Gasteiger partial charge in [0.2, 0.25) is 0 Å². The van der Waals surface area contributed by atoms with Gasteiger partial charge in [0.25, 0.3) is 5.91 Å². The van der Waals surface area contributed by atoms with Gasteiger partial charge in [-0.1, -0.05) is 48.0 Å². The summed E-state index contributed by atoms with van der Waals surface area (Å²) in [7, 11) is 0. The summed E-state index contributed by atoms with van der Waals surface area (Å²) in [4.78, 5) is 17.2. The molecule has 2 aromatic rings. The lowest BCUT2D eigenvalue weighted by molar-refractivity contribution is 0.0761. The van der Waals surface area contributed by atoms with Crippen LogP contribution in [0.1, 0.15) is 34.3 Å². The van der Waals surface area contributed by atoms with E-state index in [4.69, 9.17) is 0 Å². The summed E-state index contributed by atoms with van der Waals surface area (Å²) in [5.74, 6) is 0.176. The van der Waals surface area contributed by atoms with Crippen LogP contribution in [0.25, 0.3) is 0 Å². The van der Waals surface area contributed by atoms with E-state index < -0.39 is 0 Å². The summed E-state index contributed by atoms with van der Waals surface area (Å²) < 4.78 is 0. The molecule has 0 bridgehead atoms. The fourth-order valence-corrected chi connectivity index (χ4v) is 3.51. The molecule has 3 nitrogen and oxygen atoms in total. The molecular weight excluding hydrogens is 308 g/mol. The maximum Gasteiger partial charge on any atom is 0.253 e. The van der Waals surface area contributed by atoms with Crippen LogP contribution in [0, 0.1) is 6.92 Å². The Morgan fingerprint density at radius 3 is 2.60 bits per heavy atom. The van der Waals surface area contributed by atoms with E-state index in [-0.39, 0.29) is 5.91 Å². The Bertz CT molecular complexity index is 683. The molecule has 0 atom stereocenters. The molecule has 0 N–H and O–H groups in total. The third-order valence-corrected chi connectivity index (χ3v) is 4.92. The number of amides is 1. The second kappa shape index (κ2) is 8.82. The molecule has 0 unspecified atom stereocenters. The first-order valence-corrected chi connectivity index (χ1v) is 9.34. The van der Waals surface area contributed by atoms with Crippen LogP contribution in [0.4, 0.5) is 0 Å². The van der Waals surface area contributed by atoms with Crippen molar-refractivity contribution in [1.29, 1.82) is 0 Å². The van der Waals surface area contributed by atoms with E-state index in [9.17, 15) is 4.79 Å². The van der Waals surface area contributed by atoms with Crippen molar-refractivity contribution in [1.82, 2.24) is 9.80 Å². The third-order valence-electron chi connectivity index (χ3n) is 4.92. The van der Waals surface area contributed by atoms with Crippen LogP contribution < -0.4 is 0 Å². The quantitative estimate of drug-likeness (QED) is 0.830. The minimum Gasteiger partial charge on any atom is -0.337 e. The molecule has 0 aliphatic carbocycles. The van der Waals surface area contributed by atoms with Crippen molar-refractivity contribution >= 4 is 5.91 Å². The summed E-state index contributed by atoms with van der Waals surface area (Å²) in [5.41, 5.74) is 3.37. The lowest BCUT2D eigenvalue weighted by atomic mass is 10.1. The minimum atomic E-state index is 0.176. The van der Waals surface area contributed by atoms with Crippen molar-refractivity contribution in [2.75, 3.05) is 32.7 Å². The van der Waals surface area contributed by atoms with Crippen molar-refractivity contribution < 1.29 is 4.79 Å². The van der Waals surface area contributed by atoms with Crippen LogP contribution in [0.2, 0.25) is 0 Å². The summed E-state index contributed by atoms with van der Waals surface area (Å²) in [5, 5.41) is 0. The Hall–Kier alpha value is -2.13. The van der Waals surface area contributed by atoms with Gasteiger partial charge < -0.3 is 9.80 Å². The molecule has 0 radical (unpaired) electrons. The largest absolute Gasteiger partial charge is 0.337 e. The molecule has 0 aromatic heterocycles. The summed E-state index contributed by atoms with van der Waals surface area (Å²) >= 11 is 0. The Morgan fingerprint density at radius 1 is 0.960 bits per heavy atom. The summed E-state index contributed by atoms with van der Waals surface area (Å²) in [6.07, 6.45) is 3.36. The smallest absolute Gasteiger partial charge is 0.253 e. The normalized spacial score (nSPS) is 15.8. The van der Waals surface area contributed by atoms with E-state index in [1.807, 2.05) is 36.1 Å². The van der Waals surface area contributed by atoms with Crippen LogP contribution in [0.3, 0.4) is 0 Å². The SMILES string of the molecule is Cc1cccc(C(=O)N2CCCN(CCCc3ccccc3)CC2)c1. The average molecular weight is 336 g/mol. The molecule has 25 heavy (non-hydrogen) atoms. The standard InChI is InChI=1S/C22H28N2O/c1-19-8-5-12-21(18-19)22(25)24-15-7-14-23(16-17-24)13-6-11-20-9-3-2-4-10-20/h2-5,8-10,12,18H,6-7,11,13-17H2,1H3. The van der Waals surface area contributed by atoms with Gasteiger partial charge in [0.1, 0.15) is 0 Å². The molecule has 1 amide bonds. The number of aryl methyl sites for hydroxylation is 2. The van der Waals surface area contributed by atoms with Gasteiger partial charge in [0.15, 0.2) is 0 Å². The first-order valence-electron chi connectivity index (χ1n) is 9.34. The van der Waals surface area contributed by atoms with Gasteiger partial charge in [0, 0.05) is 25.2 Å². The van der Waals surface area contributed by atoms with E-state index in [2.05, 4.69) is 35.2 Å². The van der Waals surface area contributed by atoms with Crippen LogP contribution >= 0.6 is 0 Å². The topological polar surface area (TPSA) is 23.6 Å². The summed E-state index contributed by atoms with van der Waals surface area (Å²) in [6, 6.07) is 18.6. The van der Waals surface area contributed by atoms with E-state index >= 15 is 0 Å². The number of carbonyl (C=O) groups excluding carboxylic acids is 1. The molecule has 3 heteroatoms. The van der Waals surface area contributed by atoms with Crippen molar-refractivity contribution in [3.63, 3.8) is 0 Å². The second-order valence-electron chi connectivity index (χ2n) is 6.95. The molecule has 1 saturated heterocycles. The zero-order chi connectivity index (χ0) is 17.5. The number of hydrogen-bond donors (Lipinski definition) is 0. The monoisotopic (exact) mass is 336 g/mol. The second-order valence-corrected chi connectivity index (χ2v) is 6.95. The Kier molecular flexibility index (Phi) is 6.24. The predicted octanol–water partition coefficient (Wildman–Crippen LogP) is 3.78. The van der Waals surface area contributed by atoms with Gasteiger partial charge in [-0.15, -0.1) is 0 Å². The van der Waals surface area contributed by atoms with Crippen molar-refractivity contribution in [3.05, 3.63) is 71.3 Å². The molecule has 2 aromatic carbocycles. The van der Waals surface area contributed by atoms with E-state index in [0.717, 1.165) is 56.7 Å². The molecule has 1 aliphatic rings. The molecule has 132 valence electrons. The van der Waals surface area contributed by atoms with Crippen LogP contribution in [0.15, 0.2) is 54.6 Å². The third kappa shape index (κ3) is 5.17. The van der Waals surface area contributed by atoms with E-state index in [1.165, 1.54) is 12.0 Å². The maximum atomic E-state index is 12.7. The molecule has 1 fully saturated rings. The maximum absolute atomic E-state index is 12.7. The first-order chi connectivity index (χ1) is 12.2. The fourth-order valence-electron chi connectivity index (χ4n) is 3.51. The highest BCUT2D eigenvalue weighted by molar-refractivity contribution is 5.94. The zero-order valence-corrected chi connectivity index (χ0v) is 15.2. The van der Waals surface area contributed by atoms with E-state index in [1.54, 1.807) is 0 Å². The fraction of sp³-hybridized carbons (Fsp3) is 0.409. The summed E-state index contributed by atoms with van der Waals surface area (Å²) in [6.45, 7) is 6.91. The highest BCUT2D eigenvalue weighted by Crippen LogP contribution is 2.12. The molecule has 0 saturated carbocycles. The Balaban J connectivity index is 1.48. The van der Waals surface area contributed by atoms with Crippen molar-refractivity contribution in [2.24, 2.45) is 0 Å². The molecule has 1 aliphatic heterocycles. The van der Waals surface area contributed by atoms with Gasteiger partial charge in [-0.3, -0.25) is 4.79 Å². The van der Waals surface area contributed by atoms with Crippen molar-refractivity contribution in [3.8, 4) is 0 Å².